The topological polar surface area (TPSA) is 147 Å². The molecule has 2 aromatic carbocycles. The van der Waals surface area contributed by atoms with Crippen LogP contribution in [0, 0.1) is 0 Å². The fourth-order valence-electron chi connectivity index (χ4n) is 10.4. The number of quaternary nitrogens is 2. The molecule has 13 nitrogen and oxygen atoms in total. The Balaban J connectivity index is 1.20. The fourth-order valence-corrected chi connectivity index (χ4v) is 11.1. The summed E-state index contributed by atoms with van der Waals surface area (Å²) in [4.78, 5) is 54.9. The van der Waals surface area contributed by atoms with Crippen LogP contribution in [0.4, 0.5) is 4.79 Å². The molecule has 4 atom stereocenters. The highest BCUT2D eigenvalue weighted by atomic mass is 31.2. The van der Waals surface area contributed by atoms with Crippen LogP contribution in [0.25, 0.3) is 0 Å². The summed E-state index contributed by atoms with van der Waals surface area (Å²) in [6.07, 6.45) is 21.2. The summed E-state index contributed by atoms with van der Waals surface area (Å²) in [7, 11) is 0.823. The molecule has 3 aliphatic heterocycles. The lowest BCUT2D eigenvalue weighted by molar-refractivity contribution is -0.956. The number of carbonyl (C=O) groups excluding carboxylic acids is 3. The Morgan fingerprint density at radius 1 is 0.727 bits per heavy atom. The van der Waals surface area contributed by atoms with Crippen molar-refractivity contribution in [2.75, 3.05) is 60.6 Å². The first-order valence-electron chi connectivity index (χ1n) is 25.4. The fraction of sp³-hybridized carbons (Fsp3) is 0.712. The van der Waals surface area contributed by atoms with Crippen molar-refractivity contribution in [3.05, 3.63) is 71.8 Å². The van der Waals surface area contributed by atoms with Crippen LogP contribution in [-0.2, 0) is 47.8 Å². The highest BCUT2D eigenvalue weighted by Crippen LogP contribution is 2.47. The molecule has 3 heterocycles. The first-order valence-corrected chi connectivity index (χ1v) is 26.9. The van der Waals surface area contributed by atoms with Crippen LogP contribution < -0.4 is 4.89 Å². The third-order valence-electron chi connectivity index (χ3n) is 14.0. The molecule has 370 valence electrons. The van der Waals surface area contributed by atoms with Gasteiger partial charge in [0.25, 0.3) is 13.4 Å². The molecule has 0 N–H and O–H groups in total. The van der Waals surface area contributed by atoms with Crippen molar-refractivity contribution < 1.29 is 60.8 Å². The highest BCUT2D eigenvalue weighted by molar-refractivity contribution is 7.45. The molecule has 0 radical (unpaired) electrons. The molecule has 0 saturated carbocycles. The average molecular weight is 942 g/mol. The van der Waals surface area contributed by atoms with Gasteiger partial charge in [-0.25, -0.2) is 9.59 Å². The summed E-state index contributed by atoms with van der Waals surface area (Å²) in [6, 6.07) is 18.2. The van der Waals surface area contributed by atoms with E-state index in [1.165, 1.54) is 96.6 Å². The predicted molar refractivity (Wildman–Crippen MR) is 253 cm³/mol. The molecule has 14 heteroatoms. The Kier molecular flexibility index (Phi) is 22.0. The van der Waals surface area contributed by atoms with E-state index in [2.05, 4.69) is 6.92 Å². The van der Waals surface area contributed by atoms with Crippen LogP contribution in [-0.4, -0.2) is 112 Å². The number of rotatable bonds is 31. The minimum atomic E-state index is -4.87. The zero-order valence-electron chi connectivity index (χ0n) is 40.7. The Labute approximate surface area is 396 Å². The van der Waals surface area contributed by atoms with E-state index in [0.29, 0.717) is 40.7 Å². The number of piperidine rings is 1. The monoisotopic (exact) mass is 942 g/mol. The zero-order chi connectivity index (χ0) is 47.3. The van der Waals surface area contributed by atoms with E-state index in [9.17, 15) is 23.8 Å². The van der Waals surface area contributed by atoms with Gasteiger partial charge in [-0.1, -0.05) is 157 Å². The summed E-state index contributed by atoms with van der Waals surface area (Å²) in [5.74, 6) is -1.27. The maximum Gasteiger partial charge on any atom is 0.510 e. The highest BCUT2D eigenvalue weighted by Gasteiger charge is 2.57. The molecule has 1 spiro atoms. The van der Waals surface area contributed by atoms with E-state index in [1.54, 1.807) is 60.7 Å². The molecule has 2 aromatic rings. The quantitative estimate of drug-likeness (QED) is 0.0234. The normalized spacial score (nSPS) is 20.4. The number of hydrogen-bond acceptors (Lipinski definition) is 11. The molecule has 3 fully saturated rings. The number of phosphoric ester groups is 1. The molecule has 3 aliphatic rings. The smallest absolute Gasteiger partial charge is 0.510 e. The minimum Gasteiger partial charge on any atom is -0.756 e. The molecule has 3 saturated heterocycles. The molecule has 0 amide bonds. The Hall–Kier alpha value is -3.32. The maximum atomic E-state index is 14.9. The average Bonchev–Trinajstić information content (AvgIpc) is 3.84. The van der Waals surface area contributed by atoms with E-state index < -0.39 is 50.8 Å². The summed E-state index contributed by atoms with van der Waals surface area (Å²) in [5, 5.41) is 0. The van der Waals surface area contributed by atoms with Crippen LogP contribution >= 0.6 is 7.82 Å². The van der Waals surface area contributed by atoms with Crippen LogP contribution in [0.1, 0.15) is 159 Å². The molecule has 5 rings (SSSR count). The lowest BCUT2D eigenvalue weighted by atomic mass is 9.85. The van der Waals surface area contributed by atoms with Gasteiger partial charge in [0.15, 0.2) is 6.10 Å². The van der Waals surface area contributed by atoms with Gasteiger partial charge in [-0.3, -0.25) is 9.36 Å². The molecule has 0 aliphatic carbocycles. The second kappa shape index (κ2) is 27.0. The third-order valence-corrected chi connectivity index (χ3v) is 15.0. The molecule has 4 unspecified atom stereocenters. The number of carbonyl (C=O) groups is 3. The standard InChI is InChI=1S/C52H82N2O11P/c1-5-6-7-8-9-10-11-12-13-14-15-16-17-18-25-32-49(55)60-41-48(42-62-66(58,59)61-38-37-53(2,3)4)64-51(57)65-52(43-28-21-19-22-29-43,44-30-23-20-24-31-44)50(56)63-47-39-45-33-34-46(40-47)54(45)35-26-27-36-54/h19-24,28-31,45-48H,5-18,25-27,32-42H2,1-4H3/q+1. The number of ether oxygens (including phenoxy) is 4. The Morgan fingerprint density at radius 3 is 1.73 bits per heavy atom. The third kappa shape index (κ3) is 16.7. The van der Waals surface area contributed by atoms with E-state index in [-0.39, 0.29) is 19.1 Å². The van der Waals surface area contributed by atoms with Gasteiger partial charge in [-0.2, -0.15) is 0 Å². The molecular formula is C52H82N2O11P+. The minimum absolute atomic E-state index is 0.132. The summed E-state index contributed by atoms with van der Waals surface area (Å²) in [6.45, 7) is 3.63. The number of benzene rings is 2. The lowest BCUT2D eigenvalue weighted by Gasteiger charge is -2.47. The second-order valence-corrected chi connectivity index (χ2v) is 21.5. The van der Waals surface area contributed by atoms with Crippen molar-refractivity contribution >= 4 is 25.9 Å². The van der Waals surface area contributed by atoms with Gasteiger partial charge in [-0.05, 0) is 6.42 Å². The van der Waals surface area contributed by atoms with Crippen molar-refractivity contribution in [1.29, 1.82) is 0 Å². The Bertz CT molecular complexity index is 1730. The predicted octanol–water partition coefficient (Wildman–Crippen LogP) is 10.3. The molecular weight excluding hydrogens is 860 g/mol. The van der Waals surface area contributed by atoms with Crippen LogP contribution in [0.15, 0.2) is 60.7 Å². The van der Waals surface area contributed by atoms with E-state index >= 15 is 0 Å². The van der Waals surface area contributed by atoms with E-state index in [1.807, 2.05) is 21.1 Å². The van der Waals surface area contributed by atoms with Crippen molar-refractivity contribution in [1.82, 2.24) is 0 Å². The maximum absolute atomic E-state index is 14.9. The van der Waals surface area contributed by atoms with E-state index in [0.717, 1.165) is 49.4 Å². The van der Waals surface area contributed by atoms with Gasteiger partial charge in [0.2, 0.25) is 0 Å². The lowest BCUT2D eigenvalue weighted by Crippen LogP contribution is -2.60. The van der Waals surface area contributed by atoms with Gasteiger partial charge >= 0.3 is 18.1 Å². The summed E-state index contributed by atoms with van der Waals surface area (Å²) < 4.78 is 48.6. The van der Waals surface area contributed by atoms with Gasteiger partial charge in [0.1, 0.15) is 25.9 Å². The van der Waals surface area contributed by atoms with Crippen LogP contribution in [0.5, 0.6) is 0 Å². The first-order chi connectivity index (χ1) is 31.8. The van der Waals surface area contributed by atoms with Gasteiger partial charge in [0.05, 0.1) is 52.9 Å². The SMILES string of the molecule is CCCCCCCCCCCCCCCCCC(=O)OCC(COP(=O)([O-])OCC[N+](C)(C)C)OC(=O)OC(C(=O)OC1CC2CCC(C1)[N+]21CCCC1)(c1ccccc1)c1ccccc1. The van der Waals surface area contributed by atoms with E-state index in [4.69, 9.17) is 28.0 Å². The number of likely N-dealkylation sites (N-methyl/N-ethyl adjacent to an activating group) is 1. The molecule has 2 bridgehead atoms. The second-order valence-electron chi connectivity index (χ2n) is 20.1. The number of unbranched alkanes of at least 4 members (excludes halogenated alkanes) is 14. The molecule has 0 aromatic heterocycles. The summed E-state index contributed by atoms with van der Waals surface area (Å²) in [5.41, 5.74) is -1.40. The van der Waals surface area contributed by atoms with Crippen molar-refractivity contribution in [2.24, 2.45) is 0 Å². The van der Waals surface area contributed by atoms with Crippen LogP contribution in [0.2, 0.25) is 0 Å². The largest absolute Gasteiger partial charge is 0.756 e. The van der Waals surface area contributed by atoms with Gasteiger partial charge < -0.3 is 41.9 Å². The first kappa shape index (κ1) is 53.6. The number of phosphoric acid groups is 1. The van der Waals surface area contributed by atoms with Gasteiger partial charge in [0, 0.05) is 56.1 Å². The van der Waals surface area contributed by atoms with Gasteiger partial charge in [-0.15, -0.1) is 0 Å². The zero-order valence-corrected chi connectivity index (χ0v) is 41.6. The number of hydrogen-bond donors (Lipinski definition) is 0. The molecule has 66 heavy (non-hydrogen) atoms. The van der Waals surface area contributed by atoms with Crippen LogP contribution in [0.3, 0.4) is 0 Å². The number of nitrogens with zero attached hydrogens (tertiary/aromatic N) is 2. The van der Waals surface area contributed by atoms with Crippen molar-refractivity contribution in [3.63, 3.8) is 0 Å². The summed E-state index contributed by atoms with van der Waals surface area (Å²) >= 11 is 0. The van der Waals surface area contributed by atoms with Crippen molar-refractivity contribution in [2.45, 2.75) is 178 Å². The Morgan fingerprint density at radius 2 is 1.23 bits per heavy atom. The number of esters is 2. The van der Waals surface area contributed by atoms with Crippen molar-refractivity contribution in [3.8, 4) is 0 Å².